The summed E-state index contributed by atoms with van der Waals surface area (Å²) in [6.45, 7) is 8.75. The van der Waals surface area contributed by atoms with Crippen LogP contribution in [0.4, 0.5) is 0 Å². The molecule has 2 rings (SSSR count). The first-order valence-electron chi connectivity index (χ1n) is 7.79. The van der Waals surface area contributed by atoms with Crippen LogP contribution in [0.2, 0.25) is 0 Å². The van der Waals surface area contributed by atoms with Crippen molar-refractivity contribution in [2.45, 2.75) is 34.6 Å². The summed E-state index contributed by atoms with van der Waals surface area (Å²) in [6.07, 6.45) is 0. The van der Waals surface area contributed by atoms with Gasteiger partial charge in [-0.15, -0.1) is 0 Å². The molecule has 24 heavy (non-hydrogen) atoms. The van der Waals surface area contributed by atoms with Crippen LogP contribution in [0.3, 0.4) is 0 Å². The summed E-state index contributed by atoms with van der Waals surface area (Å²) in [5, 5.41) is 0. The van der Waals surface area contributed by atoms with E-state index in [1.807, 2.05) is 38.1 Å². The van der Waals surface area contributed by atoms with Gasteiger partial charge in [-0.1, -0.05) is 57.2 Å². The molecule has 0 bridgehead atoms. The first-order valence-corrected chi connectivity index (χ1v) is 9.33. The normalized spacial score (nSPS) is 11.9. The van der Waals surface area contributed by atoms with Crippen molar-refractivity contribution in [3.8, 4) is 11.5 Å². The number of benzene rings is 2. The van der Waals surface area contributed by atoms with Gasteiger partial charge < -0.3 is 9.05 Å². The molecule has 2 aromatic carbocycles. The lowest BCUT2D eigenvalue weighted by molar-refractivity contribution is -0.119. The van der Waals surface area contributed by atoms with E-state index in [1.54, 1.807) is 45.0 Å². The zero-order valence-electron chi connectivity index (χ0n) is 14.7. The lowest BCUT2D eigenvalue weighted by Crippen LogP contribution is -2.25. The Kier molecular flexibility index (Phi) is 5.19. The van der Waals surface area contributed by atoms with Gasteiger partial charge >= 0.3 is 7.60 Å². The predicted octanol–water partition coefficient (Wildman–Crippen LogP) is 5.53. The smallest absolute Gasteiger partial charge is 0.411 e. The third-order valence-corrected chi connectivity index (χ3v) is 5.56. The zero-order valence-corrected chi connectivity index (χ0v) is 15.6. The quantitative estimate of drug-likeness (QED) is 0.668. The SMILES string of the molecule is Cc1ccccc1OP(=O)(Oc1ccccc1C)C(=O)C(C)(C)C. The third-order valence-electron chi connectivity index (χ3n) is 3.51. The van der Waals surface area contributed by atoms with Gasteiger partial charge in [0.1, 0.15) is 11.5 Å². The summed E-state index contributed by atoms with van der Waals surface area (Å²) in [5.74, 6) is 0.763. The van der Waals surface area contributed by atoms with Gasteiger partial charge in [-0.3, -0.25) is 4.79 Å². The number of para-hydroxylation sites is 2. The monoisotopic (exact) mass is 346 g/mol. The van der Waals surface area contributed by atoms with E-state index in [1.165, 1.54) is 0 Å². The van der Waals surface area contributed by atoms with Gasteiger partial charge in [0.2, 0.25) is 0 Å². The molecule has 0 N–H and O–H groups in total. The van der Waals surface area contributed by atoms with Crippen LogP contribution >= 0.6 is 7.60 Å². The van der Waals surface area contributed by atoms with Crippen LogP contribution in [0.25, 0.3) is 0 Å². The Morgan fingerprint density at radius 1 is 0.833 bits per heavy atom. The van der Waals surface area contributed by atoms with Crippen molar-refractivity contribution in [1.82, 2.24) is 0 Å². The lowest BCUT2D eigenvalue weighted by atomic mass is 10.00. The fourth-order valence-corrected chi connectivity index (χ4v) is 4.04. The van der Waals surface area contributed by atoms with E-state index < -0.39 is 18.5 Å². The summed E-state index contributed by atoms with van der Waals surface area (Å²) < 4.78 is 24.7. The van der Waals surface area contributed by atoms with E-state index in [9.17, 15) is 9.36 Å². The number of hydrogen-bond acceptors (Lipinski definition) is 4. The average Bonchev–Trinajstić information content (AvgIpc) is 2.50. The highest BCUT2D eigenvalue weighted by Crippen LogP contribution is 2.54. The molecule has 0 fully saturated rings. The van der Waals surface area contributed by atoms with Gasteiger partial charge in [-0.25, -0.2) is 4.57 Å². The first-order chi connectivity index (χ1) is 11.1. The van der Waals surface area contributed by atoms with Gasteiger partial charge in [0, 0.05) is 5.41 Å². The van der Waals surface area contributed by atoms with Crippen LogP contribution in [-0.2, 0) is 9.36 Å². The molecule has 0 aromatic heterocycles. The number of rotatable bonds is 5. The fraction of sp³-hybridized carbons (Fsp3) is 0.316. The largest absolute Gasteiger partial charge is 0.499 e. The maximum atomic E-state index is 13.4. The van der Waals surface area contributed by atoms with Crippen molar-refractivity contribution in [2.75, 3.05) is 0 Å². The molecule has 0 aliphatic rings. The Bertz CT molecular complexity index is 738. The summed E-state index contributed by atoms with van der Waals surface area (Å²) in [4.78, 5) is 12.8. The maximum absolute atomic E-state index is 13.4. The standard InChI is InChI=1S/C19H23O4P/c1-14-10-6-8-12-16(14)22-24(21,18(20)19(3,4)5)23-17-13-9-7-11-15(17)2/h6-13H,1-5H3. The molecular weight excluding hydrogens is 323 g/mol. The van der Waals surface area contributed by atoms with E-state index >= 15 is 0 Å². The Hall–Kier alpha value is -2.06. The molecule has 0 radical (unpaired) electrons. The number of carbonyl (C=O) groups is 1. The molecule has 128 valence electrons. The van der Waals surface area contributed by atoms with E-state index in [2.05, 4.69) is 0 Å². The molecule has 0 aliphatic heterocycles. The van der Waals surface area contributed by atoms with Gasteiger partial charge in [0.05, 0.1) is 0 Å². The van der Waals surface area contributed by atoms with Gasteiger partial charge in [0.15, 0.2) is 0 Å². The molecule has 0 aliphatic carbocycles. The Morgan fingerprint density at radius 2 is 1.21 bits per heavy atom. The van der Waals surface area contributed by atoms with Crippen molar-refractivity contribution >= 4 is 13.1 Å². The topological polar surface area (TPSA) is 52.6 Å². The second-order valence-electron chi connectivity index (χ2n) is 6.77. The van der Waals surface area contributed by atoms with Crippen LogP contribution in [-0.4, -0.2) is 5.52 Å². The predicted molar refractivity (Wildman–Crippen MR) is 95.7 cm³/mol. The molecule has 0 spiro atoms. The minimum atomic E-state index is -4.07. The van der Waals surface area contributed by atoms with Crippen molar-refractivity contribution in [1.29, 1.82) is 0 Å². The Morgan fingerprint density at radius 3 is 1.54 bits per heavy atom. The summed E-state index contributed by atoms with van der Waals surface area (Å²) in [6, 6.07) is 14.2. The lowest BCUT2D eigenvalue weighted by Gasteiger charge is -2.25. The van der Waals surface area contributed by atoms with Crippen LogP contribution in [0.15, 0.2) is 48.5 Å². The molecule has 5 heteroatoms. The molecular formula is C19H23O4P. The van der Waals surface area contributed by atoms with Crippen LogP contribution in [0, 0.1) is 19.3 Å². The summed E-state index contributed by atoms with van der Waals surface area (Å²) in [5.41, 5.74) is 0.156. The molecule has 4 nitrogen and oxygen atoms in total. The second-order valence-corrected chi connectivity index (χ2v) is 8.53. The minimum Gasteiger partial charge on any atom is -0.411 e. The Labute approximate surface area is 143 Å². The van der Waals surface area contributed by atoms with Gasteiger partial charge in [-0.2, -0.15) is 0 Å². The number of aryl methyl sites for hydroxylation is 2. The molecule has 0 heterocycles. The van der Waals surface area contributed by atoms with Crippen molar-refractivity contribution in [3.05, 3.63) is 59.7 Å². The second kappa shape index (κ2) is 6.82. The van der Waals surface area contributed by atoms with E-state index in [-0.39, 0.29) is 0 Å². The van der Waals surface area contributed by atoms with Crippen LogP contribution in [0.5, 0.6) is 11.5 Å². The number of carbonyl (C=O) groups excluding carboxylic acids is 1. The molecule has 0 saturated carbocycles. The summed E-state index contributed by atoms with van der Waals surface area (Å²) >= 11 is 0. The summed E-state index contributed by atoms with van der Waals surface area (Å²) in [7, 11) is -4.07. The fourth-order valence-electron chi connectivity index (χ4n) is 2.09. The number of hydrogen-bond donors (Lipinski definition) is 0. The van der Waals surface area contributed by atoms with E-state index in [0.29, 0.717) is 11.5 Å². The van der Waals surface area contributed by atoms with E-state index in [0.717, 1.165) is 11.1 Å². The van der Waals surface area contributed by atoms with Crippen molar-refractivity contribution in [2.24, 2.45) is 5.41 Å². The minimum absolute atomic E-state index is 0.381. The Balaban J connectivity index is 2.46. The van der Waals surface area contributed by atoms with Gasteiger partial charge in [-0.05, 0) is 37.1 Å². The molecule has 0 atom stereocenters. The molecule has 2 aromatic rings. The zero-order chi connectivity index (χ0) is 18.0. The highest BCUT2D eigenvalue weighted by molar-refractivity contribution is 7.72. The van der Waals surface area contributed by atoms with Crippen LogP contribution < -0.4 is 9.05 Å². The van der Waals surface area contributed by atoms with Gasteiger partial charge in [0.25, 0.3) is 5.52 Å². The first kappa shape index (κ1) is 18.3. The highest BCUT2D eigenvalue weighted by atomic mass is 31.2. The third kappa shape index (κ3) is 4.07. The van der Waals surface area contributed by atoms with Crippen molar-refractivity contribution in [3.63, 3.8) is 0 Å². The molecule has 0 amide bonds. The molecule has 0 saturated heterocycles. The van der Waals surface area contributed by atoms with Crippen molar-refractivity contribution < 1.29 is 18.4 Å². The van der Waals surface area contributed by atoms with E-state index in [4.69, 9.17) is 9.05 Å². The highest BCUT2D eigenvalue weighted by Gasteiger charge is 2.45. The molecule has 0 unspecified atom stereocenters. The van der Waals surface area contributed by atoms with Crippen LogP contribution in [0.1, 0.15) is 31.9 Å². The maximum Gasteiger partial charge on any atom is 0.499 e. The average molecular weight is 346 g/mol.